The lowest BCUT2D eigenvalue weighted by Gasteiger charge is -2.15. The van der Waals surface area contributed by atoms with Crippen LogP contribution in [0.15, 0.2) is 66.0 Å². The van der Waals surface area contributed by atoms with Gasteiger partial charge >= 0.3 is 5.97 Å². The summed E-state index contributed by atoms with van der Waals surface area (Å²) in [5.74, 6) is -0.806. The maximum Gasteiger partial charge on any atom is 0.356 e. The van der Waals surface area contributed by atoms with Crippen LogP contribution < -0.4 is 10.3 Å². The average molecular weight is 539 g/mol. The van der Waals surface area contributed by atoms with Gasteiger partial charge in [-0.2, -0.15) is 0 Å². The molecule has 37 heavy (non-hydrogen) atoms. The fourth-order valence-corrected chi connectivity index (χ4v) is 4.04. The van der Waals surface area contributed by atoms with Crippen LogP contribution in [0.1, 0.15) is 16.2 Å². The number of carboxylic acid groups (broad SMARTS) is 1. The van der Waals surface area contributed by atoms with Crippen molar-refractivity contribution >= 4 is 29.2 Å². The first kappa shape index (κ1) is 24.2. The lowest BCUT2D eigenvalue weighted by Crippen LogP contribution is -2.20. The molecule has 1 aromatic carbocycles. The zero-order valence-electron chi connectivity index (χ0n) is 19.0. The number of hydrogen-bond acceptors (Lipinski definition) is 8. The van der Waals surface area contributed by atoms with Crippen LogP contribution in [0.2, 0.25) is 10.2 Å². The van der Waals surface area contributed by atoms with Gasteiger partial charge in [-0.3, -0.25) is 4.79 Å². The molecule has 186 valence electrons. The van der Waals surface area contributed by atoms with Gasteiger partial charge in [0.1, 0.15) is 11.4 Å². The largest absolute Gasteiger partial charge is 0.495 e. The van der Waals surface area contributed by atoms with Crippen LogP contribution in [0, 0.1) is 0 Å². The van der Waals surface area contributed by atoms with E-state index in [-0.39, 0.29) is 28.6 Å². The third kappa shape index (κ3) is 4.79. The van der Waals surface area contributed by atoms with Crippen LogP contribution in [-0.4, -0.2) is 57.7 Å². The SMILES string of the molecule is COc1cn(Cc2cn(-c3cccnc3C(=O)O)nn2)c(=O)cc1-c1cc(Cl)ccc1-n1cc(Cl)nn1. The molecule has 12 nitrogen and oxygen atoms in total. The minimum absolute atomic E-state index is 0.0548. The molecule has 0 fully saturated rings. The van der Waals surface area contributed by atoms with Crippen LogP contribution in [0.4, 0.5) is 0 Å². The van der Waals surface area contributed by atoms with Crippen LogP contribution >= 0.6 is 23.2 Å². The summed E-state index contributed by atoms with van der Waals surface area (Å²) in [7, 11) is 1.48. The number of methoxy groups -OCH3 is 1. The quantitative estimate of drug-likeness (QED) is 0.330. The maximum absolute atomic E-state index is 13.1. The maximum atomic E-state index is 13.1. The summed E-state index contributed by atoms with van der Waals surface area (Å²) in [5, 5.41) is 25.9. The summed E-state index contributed by atoms with van der Waals surface area (Å²) in [6, 6.07) is 9.67. The van der Waals surface area contributed by atoms with Crippen molar-refractivity contribution in [1.82, 2.24) is 39.5 Å². The molecule has 0 aliphatic heterocycles. The highest BCUT2D eigenvalue weighted by atomic mass is 35.5. The number of rotatable bonds is 7. The lowest BCUT2D eigenvalue weighted by molar-refractivity contribution is 0.0690. The third-order valence-electron chi connectivity index (χ3n) is 5.38. The molecule has 0 aliphatic rings. The summed E-state index contributed by atoms with van der Waals surface area (Å²) in [5.41, 5.74) is 1.80. The highest BCUT2D eigenvalue weighted by Crippen LogP contribution is 2.35. The Morgan fingerprint density at radius 2 is 1.78 bits per heavy atom. The van der Waals surface area contributed by atoms with Crippen molar-refractivity contribution in [2.24, 2.45) is 0 Å². The first-order chi connectivity index (χ1) is 17.8. The molecule has 14 heteroatoms. The highest BCUT2D eigenvalue weighted by Gasteiger charge is 2.18. The molecule has 0 bridgehead atoms. The minimum Gasteiger partial charge on any atom is -0.495 e. The van der Waals surface area contributed by atoms with Gasteiger partial charge in [-0.15, -0.1) is 10.2 Å². The summed E-state index contributed by atoms with van der Waals surface area (Å²) in [6.07, 6.45) is 5.98. The molecule has 0 radical (unpaired) electrons. The predicted octanol–water partition coefficient (Wildman–Crippen LogP) is 3.13. The Labute approximate surface area is 218 Å². The number of ether oxygens (including phenoxy) is 1. The number of halogens is 2. The molecule has 0 unspecified atom stereocenters. The van der Waals surface area contributed by atoms with Crippen LogP contribution in [0.25, 0.3) is 22.5 Å². The van der Waals surface area contributed by atoms with Crippen molar-refractivity contribution in [1.29, 1.82) is 0 Å². The van der Waals surface area contributed by atoms with E-state index < -0.39 is 5.97 Å². The number of carbonyl (C=O) groups is 1. The summed E-state index contributed by atoms with van der Waals surface area (Å²) in [4.78, 5) is 28.5. The van der Waals surface area contributed by atoms with Crippen molar-refractivity contribution in [3.8, 4) is 28.3 Å². The smallest absolute Gasteiger partial charge is 0.356 e. The van der Waals surface area contributed by atoms with E-state index in [1.165, 1.54) is 45.7 Å². The van der Waals surface area contributed by atoms with E-state index in [1.54, 1.807) is 36.5 Å². The van der Waals surface area contributed by atoms with E-state index in [0.29, 0.717) is 33.3 Å². The first-order valence-corrected chi connectivity index (χ1v) is 11.4. The molecule has 4 heterocycles. The molecular formula is C23H16Cl2N8O4. The second-order valence-electron chi connectivity index (χ2n) is 7.70. The van der Waals surface area contributed by atoms with E-state index in [9.17, 15) is 14.7 Å². The van der Waals surface area contributed by atoms with Gasteiger partial charge in [-0.25, -0.2) is 19.1 Å². The Hall–Kier alpha value is -4.55. The number of benzene rings is 1. The van der Waals surface area contributed by atoms with Gasteiger partial charge in [-0.1, -0.05) is 33.6 Å². The molecule has 5 rings (SSSR count). The van der Waals surface area contributed by atoms with Crippen molar-refractivity contribution in [2.45, 2.75) is 6.54 Å². The number of carboxylic acids is 1. The number of aromatic nitrogens is 8. The van der Waals surface area contributed by atoms with Crippen molar-refractivity contribution in [3.63, 3.8) is 0 Å². The number of hydrogen-bond donors (Lipinski definition) is 1. The van der Waals surface area contributed by atoms with Gasteiger partial charge in [0.15, 0.2) is 10.8 Å². The minimum atomic E-state index is -1.20. The molecule has 4 aromatic heterocycles. The fraction of sp³-hybridized carbons (Fsp3) is 0.0870. The van der Waals surface area contributed by atoms with E-state index in [2.05, 4.69) is 25.6 Å². The van der Waals surface area contributed by atoms with Crippen molar-refractivity contribution in [3.05, 3.63) is 93.1 Å². The lowest BCUT2D eigenvalue weighted by atomic mass is 10.0. The van der Waals surface area contributed by atoms with Crippen LogP contribution in [0.3, 0.4) is 0 Å². The number of aromatic carboxylic acids is 1. The Kier molecular flexibility index (Phi) is 6.42. The molecule has 0 atom stereocenters. The van der Waals surface area contributed by atoms with Gasteiger partial charge in [0.2, 0.25) is 0 Å². The van der Waals surface area contributed by atoms with Gasteiger partial charge in [0.25, 0.3) is 5.56 Å². The van der Waals surface area contributed by atoms with Gasteiger partial charge in [-0.05, 0) is 30.3 Å². The van der Waals surface area contributed by atoms with E-state index >= 15 is 0 Å². The first-order valence-electron chi connectivity index (χ1n) is 10.6. The van der Waals surface area contributed by atoms with E-state index in [0.717, 1.165) is 0 Å². The number of pyridine rings is 2. The number of nitrogens with zero attached hydrogens (tertiary/aromatic N) is 8. The zero-order chi connectivity index (χ0) is 26.1. The van der Waals surface area contributed by atoms with Gasteiger partial charge < -0.3 is 14.4 Å². The Bertz CT molecular complexity index is 1690. The van der Waals surface area contributed by atoms with E-state index in [4.69, 9.17) is 27.9 Å². The Morgan fingerprint density at radius 1 is 1.00 bits per heavy atom. The fourth-order valence-electron chi connectivity index (χ4n) is 3.74. The van der Waals surface area contributed by atoms with Gasteiger partial charge in [0.05, 0.1) is 43.6 Å². The normalized spacial score (nSPS) is 11.0. The summed E-state index contributed by atoms with van der Waals surface area (Å²) >= 11 is 12.2. The third-order valence-corrected chi connectivity index (χ3v) is 5.79. The standard InChI is InChI=1S/C23H16Cl2N8O4/c1-37-19-11-31(9-14-10-32(29-27-14)18-3-2-6-26-22(18)23(35)36)21(34)8-16(19)15-7-13(24)4-5-17(15)33-12-20(25)28-30-33/h2-8,10-12H,9H2,1H3,(H,35,36). The van der Waals surface area contributed by atoms with E-state index in [1.807, 2.05) is 0 Å². The van der Waals surface area contributed by atoms with Crippen LogP contribution in [0.5, 0.6) is 5.75 Å². The summed E-state index contributed by atoms with van der Waals surface area (Å²) in [6.45, 7) is 0.0548. The Balaban J connectivity index is 1.52. The van der Waals surface area contributed by atoms with Crippen molar-refractivity contribution < 1.29 is 14.6 Å². The molecule has 0 aliphatic carbocycles. The predicted molar refractivity (Wildman–Crippen MR) is 133 cm³/mol. The molecule has 0 saturated carbocycles. The van der Waals surface area contributed by atoms with Crippen LogP contribution in [-0.2, 0) is 6.54 Å². The topological polar surface area (TPSA) is 143 Å². The second kappa shape index (κ2) is 9.84. The second-order valence-corrected chi connectivity index (χ2v) is 8.52. The summed E-state index contributed by atoms with van der Waals surface area (Å²) < 4.78 is 9.76. The molecule has 0 saturated heterocycles. The van der Waals surface area contributed by atoms with Crippen molar-refractivity contribution in [2.75, 3.05) is 7.11 Å². The highest BCUT2D eigenvalue weighted by molar-refractivity contribution is 6.31. The molecular weight excluding hydrogens is 523 g/mol. The monoisotopic (exact) mass is 538 g/mol. The molecule has 0 amide bonds. The molecule has 0 spiro atoms. The Morgan fingerprint density at radius 3 is 2.51 bits per heavy atom. The van der Waals surface area contributed by atoms with Gasteiger partial charge in [0, 0.05) is 28.4 Å². The molecule has 5 aromatic rings. The average Bonchev–Trinajstić information content (AvgIpc) is 3.54. The zero-order valence-corrected chi connectivity index (χ0v) is 20.5. The molecule has 1 N–H and O–H groups in total.